The zero-order chi connectivity index (χ0) is 23.4. The Morgan fingerprint density at radius 3 is 2.58 bits per heavy atom. The maximum Gasteiger partial charge on any atom is 0.263 e. The lowest BCUT2D eigenvalue weighted by atomic mass is 10.1. The van der Waals surface area contributed by atoms with Crippen LogP contribution in [0.15, 0.2) is 24.4 Å². The summed E-state index contributed by atoms with van der Waals surface area (Å²) in [7, 11) is 0. The number of fused-ring (bicyclic) bond motifs is 1. The molecule has 1 fully saturated rings. The van der Waals surface area contributed by atoms with E-state index >= 15 is 0 Å². The molecule has 0 spiro atoms. The molecule has 4 rings (SSSR count). The number of benzene rings is 1. The minimum absolute atomic E-state index is 0.0346. The van der Waals surface area contributed by atoms with Gasteiger partial charge < -0.3 is 19.7 Å². The van der Waals surface area contributed by atoms with Crippen molar-refractivity contribution in [2.24, 2.45) is 0 Å². The lowest BCUT2D eigenvalue weighted by Gasteiger charge is -2.34. The van der Waals surface area contributed by atoms with Gasteiger partial charge in [0.15, 0.2) is 16.6 Å². The van der Waals surface area contributed by atoms with E-state index in [0.717, 1.165) is 55.9 Å². The van der Waals surface area contributed by atoms with Gasteiger partial charge in [-0.1, -0.05) is 17.4 Å². The van der Waals surface area contributed by atoms with Gasteiger partial charge in [-0.15, -0.1) is 0 Å². The number of piperazine rings is 1. The molecular formula is C24H35N5O3S. The largest absolute Gasteiger partial charge is 0.454 e. The van der Waals surface area contributed by atoms with Crippen LogP contribution in [0.25, 0.3) is 0 Å². The summed E-state index contributed by atoms with van der Waals surface area (Å²) in [6.45, 7) is 15.1. The van der Waals surface area contributed by atoms with Gasteiger partial charge >= 0.3 is 0 Å². The van der Waals surface area contributed by atoms with Gasteiger partial charge in [0.1, 0.15) is 4.88 Å². The van der Waals surface area contributed by atoms with Gasteiger partial charge in [-0.3, -0.25) is 14.6 Å². The minimum Gasteiger partial charge on any atom is -0.454 e. The Morgan fingerprint density at radius 1 is 1.12 bits per heavy atom. The van der Waals surface area contributed by atoms with Crippen LogP contribution in [0, 0.1) is 0 Å². The first kappa shape index (κ1) is 23.8. The number of amides is 1. The second-order valence-electron chi connectivity index (χ2n) is 9.14. The third-order valence-electron chi connectivity index (χ3n) is 6.19. The van der Waals surface area contributed by atoms with E-state index in [0.29, 0.717) is 30.3 Å². The number of carbonyl (C=O) groups is 1. The molecule has 2 aliphatic rings. The van der Waals surface area contributed by atoms with E-state index in [2.05, 4.69) is 64.8 Å². The standard InChI is InChI=1S/C24H35N5O3S/c1-17(2)29(18(3)4)8-7-25-23(30)22-14-26-24(33-22)28-11-9-27(10-12-28)15-19-5-6-20-21(13-19)32-16-31-20/h5-6,13-14,17-18H,7-12,15-16H2,1-4H3,(H,25,30). The van der Waals surface area contributed by atoms with Crippen LogP contribution in [0.2, 0.25) is 0 Å². The highest BCUT2D eigenvalue weighted by atomic mass is 32.1. The Hall–Kier alpha value is -2.36. The van der Waals surface area contributed by atoms with Crippen LogP contribution in [-0.4, -0.2) is 78.8 Å². The summed E-state index contributed by atoms with van der Waals surface area (Å²) in [5.74, 6) is 1.62. The highest BCUT2D eigenvalue weighted by Crippen LogP contribution is 2.33. The Morgan fingerprint density at radius 2 is 1.85 bits per heavy atom. The van der Waals surface area contributed by atoms with E-state index in [1.165, 1.54) is 16.9 Å². The minimum atomic E-state index is -0.0346. The summed E-state index contributed by atoms with van der Waals surface area (Å²) >= 11 is 1.48. The van der Waals surface area contributed by atoms with E-state index in [1.807, 2.05) is 6.07 Å². The average molecular weight is 474 g/mol. The van der Waals surface area contributed by atoms with Crippen molar-refractivity contribution in [3.8, 4) is 11.5 Å². The van der Waals surface area contributed by atoms with Gasteiger partial charge in [0, 0.05) is 57.9 Å². The third-order valence-corrected chi connectivity index (χ3v) is 7.24. The van der Waals surface area contributed by atoms with Gasteiger partial charge in [-0.25, -0.2) is 4.98 Å². The first-order valence-electron chi connectivity index (χ1n) is 11.8. The van der Waals surface area contributed by atoms with Crippen molar-refractivity contribution < 1.29 is 14.3 Å². The number of hydrogen-bond acceptors (Lipinski definition) is 8. The number of nitrogens with zero attached hydrogens (tertiary/aromatic N) is 4. The maximum atomic E-state index is 12.6. The summed E-state index contributed by atoms with van der Waals surface area (Å²) < 4.78 is 10.9. The number of anilines is 1. The fraction of sp³-hybridized carbons (Fsp3) is 0.583. The van der Waals surface area contributed by atoms with E-state index in [4.69, 9.17) is 9.47 Å². The Bertz CT molecular complexity index is 932. The molecule has 33 heavy (non-hydrogen) atoms. The second kappa shape index (κ2) is 10.7. The fourth-order valence-electron chi connectivity index (χ4n) is 4.41. The molecule has 0 aliphatic carbocycles. The predicted octanol–water partition coefficient (Wildman–Crippen LogP) is 3.04. The van der Waals surface area contributed by atoms with Gasteiger partial charge in [0.25, 0.3) is 5.91 Å². The first-order valence-corrected chi connectivity index (χ1v) is 12.6. The predicted molar refractivity (Wildman–Crippen MR) is 131 cm³/mol. The summed E-state index contributed by atoms with van der Waals surface area (Å²) in [5, 5.41) is 3.98. The normalized spacial score (nSPS) is 16.3. The van der Waals surface area contributed by atoms with Gasteiger partial charge in [-0.05, 0) is 45.4 Å². The summed E-state index contributed by atoms with van der Waals surface area (Å²) in [6, 6.07) is 7.08. The third kappa shape index (κ3) is 5.96. The Labute approximate surface area is 200 Å². The van der Waals surface area contributed by atoms with Crippen molar-refractivity contribution in [2.75, 3.05) is 51.0 Å². The summed E-state index contributed by atoms with van der Waals surface area (Å²) in [5.41, 5.74) is 1.23. The van der Waals surface area contributed by atoms with Gasteiger partial charge in [0.2, 0.25) is 6.79 Å². The fourth-order valence-corrected chi connectivity index (χ4v) is 5.29. The van der Waals surface area contributed by atoms with Crippen LogP contribution < -0.4 is 19.7 Å². The topological polar surface area (TPSA) is 70.2 Å². The van der Waals surface area contributed by atoms with Crippen molar-refractivity contribution in [1.82, 2.24) is 20.1 Å². The SMILES string of the molecule is CC(C)N(CCNC(=O)c1cnc(N2CCN(Cc3ccc4c(c3)OCO4)CC2)s1)C(C)C. The zero-order valence-corrected chi connectivity index (χ0v) is 20.9. The molecule has 8 nitrogen and oxygen atoms in total. The second-order valence-corrected chi connectivity index (χ2v) is 10.1. The molecule has 0 atom stereocenters. The number of hydrogen-bond donors (Lipinski definition) is 1. The maximum absolute atomic E-state index is 12.6. The van der Waals surface area contributed by atoms with E-state index in [9.17, 15) is 4.79 Å². The molecule has 1 aromatic carbocycles. The smallest absolute Gasteiger partial charge is 0.263 e. The van der Waals surface area contributed by atoms with E-state index in [-0.39, 0.29) is 5.91 Å². The van der Waals surface area contributed by atoms with Crippen LogP contribution in [0.3, 0.4) is 0 Å². The lowest BCUT2D eigenvalue weighted by Crippen LogP contribution is -2.45. The average Bonchev–Trinajstić information content (AvgIpc) is 3.46. The number of thiazole rings is 1. The molecule has 0 radical (unpaired) electrons. The van der Waals surface area contributed by atoms with Crippen LogP contribution >= 0.6 is 11.3 Å². The number of carbonyl (C=O) groups excluding carboxylic acids is 1. The molecule has 0 unspecified atom stereocenters. The molecule has 1 N–H and O–H groups in total. The van der Waals surface area contributed by atoms with Crippen molar-refractivity contribution >= 4 is 22.4 Å². The van der Waals surface area contributed by atoms with Crippen molar-refractivity contribution in [3.63, 3.8) is 0 Å². The molecule has 180 valence electrons. The Kier molecular flexibility index (Phi) is 7.72. The van der Waals surface area contributed by atoms with Crippen LogP contribution in [0.4, 0.5) is 5.13 Å². The number of nitrogens with one attached hydrogen (secondary N) is 1. The molecule has 0 saturated carbocycles. The number of ether oxygens (including phenoxy) is 2. The van der Waals surface area contributed by atoms with Crippen molar-refractivity contribution in [1.29, 1.82) is 0 Å². The summed E-state index contributed by atoms with van der Waals surface area (Å²) in [6.07, 6.45) is 1.71. The van der Waals surface area contributed by atoms with Gasteiger partial charge in [0.05, 0.1) is 6.20 Å². The highest BCUT2D eigenvalue weighted by Gasteiger charge is 2.22. The molecule has 1 amide bonds. The first-order chi connectivity index (χ1) is 15.9. The molecular weight excluding hydrogens is 438 g/mol. The lowest BCUT2D eigenvalue weighted by molar-refractivity contribution is 0.0943. The van der Waals surface area contributed by atoms with Crippen LogP contribution in [0.1, 0.15) is 42.9 Å². The molecule has 9 heteroatoms. The van der Waals surface area contributed by atoms with Crippen LogP contribution in [0.5, 0.6) is 11.5 Å². The van der Waals surface area contributed by atoms with Gasteiger partial charge in [-0.2, -0.15) is 0 Å². The molecule has 1 aromatic heterocycles. The molecule has 2 aliphatic heterocycles. The number of rotatable bonds is 9. The molecule has 1 saturated heterocycles. The molecule has 3 heterocycles. The zero-order valence-electron chi connectivity index (χ0n) is 20.0. The summed E-state index contributed by atoms with van der Waals surface area (Å²) in [4.78, 5) is 24.9. The highest BCUT2D eigenvalue weighted by molar-refractivity contribution is 7.17. The quantitative estimate of drug-likeness (QED) is 0.600. The monoisotopic (exact) mass is 473 g/mol. The van der Waals surface area contributed by atoms with E-state index < -0.39 is 0 Å². The van der Waals surface area contributed by atoms with Crippen molar-refractivity contribution in [2.45, 2.75) is 46.3 Å². The number of aromatic nitrogens is 1. The Balaban J connectivity index is 1.23. The van der Waals surface area contributed by atoms with Crippen molar-refractivity contribution in [3.05, 3.63) is 34.8 Å². The van der Waals surface area contributed by atoms with Crippen LogP contribution in [-0.2, 0) is 6.54 Å². The molecule has 0 bridgehead atoms. The van der Waals surface area contributed by atoms with E-state index in [1.54, 1.807) is 6.20 Å². The molecule has 2 aromatic rings.